The van der Waals surface area contributed by atoms with Crippen molar-refractivity contribution in [1.82, 2.24) is 0 Å². The predicted molar refractivity (Wildman–Crippen MR) is 122 cm³/mol. The standard InChI is InChI=1S/C25H27N3OS/c1-5-17-10-11-21(30-17)22-18(14-26)24(27)28(16-8-6-15(2)7-9-16)19-12-25(3,4)13-20(29)23(19)22/h6-11,22H,5,12-13,27H2,1-4H3/t22-/m0/s1. The van der Waals surface area contributed by atoms with E-state index in [1.54, 1.807) is 11.3 Å². The second-order valence-corrected chi connectivity index (χ2v) is 10.2. The van der Waals surface area contributed by atoms with Crippen LogP contribution in [0.3, 0.4) is 0 Å². The second kappa shape index (κ2) is 7.45. The van der Waals surface area contributed by atoms with Crippen molar-refractivity contribution < 1.29 is 4.79 Å². The van der Waals surface area contributed by atoms with Crippen molar-refractivity contribution >= 4 is 22.8 Å². The van der Waals surface area contributed by atoms with Gasteiger partial charge >= 0.3 is 0 Å². The molecular weight excluding hydrogens is 390 g/mol. The number of anilines is 1. The van der Waals surface area contributed by atoms with Gasteiger partial charge in [-0.1, -0.05) is 38.5 Å². The van der Waals surface area contributed by atoms with E-state index in [9.17, 15) is 10.1 Å². The summed E-state index contributed by atoms with van der Waals surface area (Å²) in [5.41, 5.74) is 10.7. The fourth-order valence-electron chi connectivity index (χ4n) is 4.52. The molecule has 1 aliphatic heterocycles. The van der Waals surface area contributed by atoms with E-state index in [0.29, 0.717) is 17.8 Å². The molecule has 154 valence electrons. The van der Waals surface area contributed by atoms with Gasteiger partial charge in [-0.3, -0.25) is 9.69 Å². The third-order valence-corrected chi connectivity index (χ3v) is 7.28. The first-order chi connectivity index (χ1) is 14.3. The number of aryl methyl sites for hydroxylation is 2. The summed E-state index contributed by atoms with van der Waals surface area (Å²) in [6.07, 6.45) is 2.15. The van der Waals surface area contributed by atoms with Crippen LogP contribution in [-0.4, -0.2) is 5.78 Å². The van der Waals surface area contributed by atoms with E-state index in [2.05, 4.69) is 39.0 Å². The normalized spacial score (nSPS) is 21.0. The molecule has 2 aromatic rings. The van der Waals surface area contributed by atoms with Crippen LogP contribution in [0.5, 0.6) is 0 Å². The Labute approximate surface area is 182 Å². The molecule has 2 N–H and O–H groups in total. The van der Waals surface area contributed by atoms with Crippen molar-refractivity contribution in [2.45, 2.75) is 52.9 Å². The maximum absolute atomic E-state index is 13.5. The number of nitrogens with zero attached hydrogens (tertiary/aromatic N) is 2. The average molecular weight is 418 g/mol. The number of nitriles is 1. The van der Waals surface area contributed by atoms with Gasteiger partial charge < -0.3 is 5.73 Å². The van der Waals surface area contributed by atoms with Crippen molar-refractivity contribution in [3.05, 3.63) is 74.4 Å². The fourth-order valence-corrected chi connectivity index (χ4v) is 5.59. The number of nitrogens with two attached hydrogens (primary N) is 1. The van der Waals surface area contributed by atoms with Crippen molar-refractivity contribution in [2.75, 3.05) is 4.90 Å². The summed E-state index contributed by atoms with van der Waals surface area (Å²) < 4.78 is 0. The maximum atomic E-state index is 13.5. The van der Waals surface area contributed by atoms with Crippen molar-refractivity contribution in [2.24, 2.45) is 11.1 Å². The topological polar surface area (TPSA) is 70.1 Å². The van der Waals surface area contributed by atoms with Crippen LogP contribution in [0.15, 0.2) is 59.1 Å². The number of benzene rings is 1. The number of thiophene rings is 1. The average Bonchev–Trinajstić information content (AvgIpc) is 3.16. The highest BCUT2D eigenvalue weighted by Crippen LogP contribution is 2.51. The third kappa shape index (κ3) is 3.36. The van der Waals surface area contributed by atoms with Crippen molar-refractivity contribution in [3.8, 4) is 6.07 Å². The van der Waals surface area contributed by atoms with Gasteiger partial charge in [0.15, 0.2) is 5.78 Å². The lowest BCUT2D eigenvalue weighted by Gasteiger charge is -2.43. The van der Waals surface area contributed by atoms with Crippen molar-refractivity contribution in [3.63, 3.8) is 0 Å². The molecule has 1 atom stereocenters. The number of Topliss-reactive ketones (excluding diaryl/α,β-unsaturated/α-hetero) is 1. The number of carbonyl (C=O) groups is 1. The minimum absolute atomic E-state index is 0.120. The van der Waals surface area contributed by atoms with Crippen LogP contribution in [0.4, 0.5) is 5.69 Å². The molecule has 1 aromatic heterocycles. The van der Waals surface area contributed by atoms with Gasteiger partial charge in [0.05, 0.1) is 17.6 Å². The van der Waals surface area contributed by atoms with Gasteiger partial charge in [0, 0.05) is 33.1 Å². The van der Waals surface area contributed by atoms with Crippen molar-refractivity contribution in [1.29, 1.82) is 5.26 Å². The van der Waals surface area contributed by atoms with Crippen LogP contribution in [0.1, 0.15) is 54.8 Å². The van der Waals surface area contributed by atoms with E-state index < -0.39 is 0 Å². The maximum Gasteiger partial charge on any atom is 0.162 e. The lowest BCUT2D eigenvalue weighted by molar-refractivity contribution is -0.118. The molecule has 2 heterocycles. The molecule has 1 aliphatic carbocycles. The van der Waals surface area contributed by atoms with Crippen LogP contribution < -0.4 is 10.6 Å². The Morgan fingerprint density at radius 3 is 2.50 bits per heavy atom. The molecule has 0 radical (unpaired) electrons. The Balaban J connectivity index is 1.97. The van der Waals surface area contributed by atoms with E-state index in [1.807, 2.05) is 36.1 Å². The highest BCUT2D eigenvalue weighted by Gasteiger charge is 2.45. The Hall–Kier alpha value is -2.84. The van der Waals surface area contributed by atoms with Crippen LogP contribution in [0, 0.1) is 23.7 Å². The molecule has 0 saturated heterocycles. The monoisotopic (exact) mass is 417 g/mol. The molecule has 1 aromatic carbocycles. The van der Waals surface area contributed by atoms with Crippen LogP contribution in [0.25, 0.3) is 0 Å². The van der Waals surface area contributed by atoms with Gasteiger partial charge in [-0.25, -0.2) is 0 Å². The second-order valence-electron chi connectivity index (χ2n) is 8.97. The third-order valence-electron chi connectivity index (χ3n) is 5.99. The van der Waals surface area contributed by atoms with E-state index in [-0.39, 0.29) is 17.1 Å². The summed E-state index contributed by atoms with van der Waals surface area (Å²) in [4.78, 5) is 17.7. The van der Waals surface area contributed by atoms with Gasteiger partial charge in [0.1, 0.15) is 5.82 Å². The molecule has 0 unspecified atom stereocenters. The lowest BCUT2D eigenvalue weighted by atomic mass is 9.69. The quantitative estimate of drug-likeness (QED) is 0.710. The Kier molecular flexibility index (Phi) is 5.07. The van der Waals surface area contributed by atoms with E-state index >= 15 is 0 Å². The molecule has 5 heteroatoms. The van der Waals surface area contributed by atoms with Gasteiger partial charge in [0.25, 0.3) is 0 Å². The first kappa shape index (κ1) is 20.4. The predicted octanol–water partition coefficient (Wildman–Crippen LogP) is 5.56. The molecule has 0 fully saturated rings. The molecule has 4 nitrogen and oxygen atoms in total. The highest BCUT2D eigenvalue weighted by molar-refractivity contribution is 7.12. The SMILES string of the molecule is CCc1ccc([C@@H]2C(C#N)=C(N)N(c3ccc(C)cc3)C3=C2C(=O)CC(C)(C)C3)s1. The van der Waals surface area contributed by atoms with Gasteiger partial charge in [0.2, 0.25) is 0 Å². The minimum atomic E-state index is -0.374. The summed E-state index contributed by atoms with van der Waals surface area (Å²) in [5, 5.41) is 10.1. The van der Waals surface area contributed by atoms with E-state index in [0.717, 1.165) is 40.2 Å². The zero-order chi connectivity index (χ0) is 21.6. The molecule has 0 amide bonds. The summed E-state index contributed by atoms with van der Waals surface area (Å²) >= 11 is 1.67. The highest BCUT2D eigenvalue weighted by atomic mass is 32.1. The van der Waals surface area contributed by atoms with Crippen LogP contribution in [-0.2, 0) is 11.2 Å². The largest absolute Gasteiger partial charge is 0.384 e. The summed E-state index contributed by atoms with van der Waals surface area (Å²) in [7, 11) is 0. The van der Waals surface area contributed by atoms with E-state index in [1.165, 1.54) is 4.88 Å². The first-order valence-corrected chi connectivity index (χ1v) is 11.2. The zero-order valence-electron chi connectivity index (χ0n) is 18.0. The fraction of sp³-hybridized carbons (Fsp3) is 0.360. The molecule has 0 spiro atoms. The minimum Gasteiger partial charge on any atom is -0.384 e. The van der Waals surface area contributed by atoms with Crippen LogP contribution in [0.2, 0.25) is 0 Å². The van der Waals surface area contributed by atoms with Gasteiger partial charge in [-0.2, -0.15) is 5.26 Å². The number of ketones is 1. The summed E-state index contributed by atoms with van der Waals surface area (Å²) in [6.45, 7) is 8.40. The molecule has 30 heavy (non-hydrogen) atoms. The number of allylic oxidation sites excluding steroid dienone is 3. The molecular formula is C25H27N3OS. The zero-order valence-corrected chi connectivity index (χ0v) is 18.8. The molecule has 0 saturated carbocycles. The van der Waals surface area contributed by atoms with Gasteiger partial charge in [-0.15, -0.1) is 11.3 Å². The number of carbonyl (C=O) groups excluding carboxylic acids is 1. The Bertz CT molecular complexity index is 1110. The summed E-state index contributed by atoms with van der Waals surface area (Å²) in [6, 6.07) is 14.6. The Morgan fingerprint density at radius 1 is 1.20 bits per heavy atom. The number of hydrogen-bond donors (Lipinski definition) is 1. The van der Waals surface area contributed by atoms with Gasteiger partial charge in [-0.05, 0) is 49.4 Å². The smallest absolute Gasteiger partial charge is 0.162 e. The number of hydrogen-bond acceptors (Lipinski definition) is 5. The summed E-state index contributed by atoms with van der Waals surface area (Å²) in [5.74, 6) is 0.178. The molecule has 4 rings (SSSR count). The first-order valence-electron chi connectivity index (χ1n) is 10.4. The number of rotatable bonds is 3. The van der Waals surface area contributed by atoms with E-state index in [4.69, 9.17) is 5.73 Å². The molecule has 0 bridgehead atoms. The molecule has 2 aliphatic rings. The van der Waals surface area contributed by atoms with Crippen LogP contribution >= 0.6 is 11.3 Å². The lowest BCUT2D eigenvalue weighted by Crippen LogP contribution is -2.42. The Morgan fingerprint density at radius 2 is 1.90 bits per heavy atom.